The van der Waals surface area contributed by atoms with Crippen LogP contribution in [0.2, 0.25) is 0 Å². The van der Waals surface area contributed by atoms with Crippen LogP contribution in [-0.4, -0.2) is 9.97 Å². The molecule has 6 aromatic carbocycles. The third-order valence-electron chi connectivity index (χ3n) is 7.71. The lowest BCUT2D eigenvalue weighted by molar-refractivity contribution is 0.669. The predicted molar refractivity (Wildman–Crippen MR) is 169 cm³/mol. The summed E-state index contributed by atoms with van der Waals surface area (Å²) in [6, 6.07) is 50.2. The zero-order valence-electron chi connectivity index (χ0n) is 22.2. The van der Waals surface area contributed by atoms with Crippen LogP contribution >= 0.6 is 0 Å². The van der Waals surface area contributed by atoms with Crippen LogP contribution in [0.25, 0.3) is 77.7 Å². The van der Waals surface area contributed by atoms with Gasteiger partial charge in [0.05, 0.1) is 11.2 Å². The van der Waals surface area contributed by atoms with Gasteiger partial charge in [-0.3, -0.25) is 0 Å². The Morgan fingerprint density at radius 2 is 1.10 bits per heavy atom. The van der Waals surface area contributed by atoms with Crippen molar-refractivity contribution in [2.75, 3.05) is 0 Å². The Kier molecular flexibility index (Phi) is 5.46. The van der Waals surface area contributed by atoms with Gasteiger partial charge in [0.25, 0.3) is 0 Å². The molecule has 0 radical (unpaired) electrons. The number of aromatic nitrogens is 2. The highest BCUT2D eigenvalue weighted by atomic mass is 16.3. The first-order valence-corrected chi connectivity index (χ1v) is 13.8. The number of fused-ring (bicyclic) bond motifs is 4. The minimum atomic E-state index is 0.695. The first kappa shape index (κ1) is 23.4. The van der Waals surface area contributed by atoms with Gasteiger partial charge in [-0.15, -0.1) is 0 Å². The molecule has 0 fully saturated rings. The van der Waals surface area contributed by atoms with E-state index in [9.17, 15) is 0 Å². The fraction of sp³-hybridized carbons (Fsp3) is 0. The number of hydrogen-bond donors (Lipinski definition) is 0. The summed E-state index contributed by atoms with van der Waals surface area (Å²) in [7, 11) is 0. The van der Waals surface area contributed by atoms with E-state index in [2.05, 4.69) is 97.1 Å². The quantitative estimate of drug-likeness (QED) is 0.230. The first-order valence-electron chi connectivity index (χ1n) is 13.8. The molecular weight excluding hydrogens is 500 g/mol. The minimum Gasteiger partial charge on any atom is -0.456 e. The van der Waals surface area contributed by atoms with Crippen molar-refractivity contribution in [3.8, 4) is 44.9 Å². The number of rotatable bonds is 4. The van der Waals surface area contributed by atoms with Crippen LogP contribution in [0.4, 0.5) is 0 Å². The molecule has 0 aliphatic rings. The Balaban J connectivity index is 1.44. The number of para-hydroxylation sites is 2. The third kappa shape index (κ3) is 3.98. The van der Waals surface area contributed by atoms with Crippen LogP contribution in [0, 0.1) is 0 Å². The molecule has 192 valence electrons. The van der Waals surface area contributed by atoms with Gasteiger partial charge in [0.2, 0.25) is 0 Å². The van der Waals surface area contributed by atoms with E-state index in [1.165, 1.54) is 0 Å². The van der Waals surface area contributed by atoms with Gasteiger partial charge in [-0.2, -0.15) is 0 Å². The second-order valence-electron chi connectivity index (χ2n) is 10.2. The van der Waals surface area contributed by atoms with E-state index >= 15 is 0 Å². The summed E-state index contributed by atoms with van der Waals surface area (Å²) in [6.45, 7) is 0. The first-order chi connectivity index (χ1) is 20.3. The molecule has 3 heteroatoms. The highest BCUT2D eigenvalue weighted by Gasteiger charge is 2.19. The van der Waals surface area contributed by atoms with Crippen molar-refractivity contribution in [3.63, 3.8) is 0 Å². The maximum Gasteiger partial charge on any atom is 0.161 e. The van der Waals surface area contributed by atoms with Gasteiger partial charge in [-0.25, -0.2) is 9.97 Å². The average molecular weight is 525 g/mol. The van der Waals surface area contributed by atoms with Crippen LogP contribution in [0.1, 0.15) is 0 Å². The largest absolute Gasteiger partial charge is 0.456 e. The Labute approximate surface area is 237 Å². The van der Waals surface area contributed by atoms with Crippen LogP contribution < -0.4 is 0 Å². The number of furan rings is 1. The molecule has 0 atom stereocenters. The smallest absolute Gasteiger partial charge is 0.161 e. The van der Waals surface area contributed by atoms with E-state index in [4.69, 9.17) is 14.4 Å². The SMILES string of the molecule is c1ccc(-c2ccc(-c3ccccc3)c(-c3nc(-c4cccc5oc6ccccc6c45)c4ccccc4n3)c2)cc1. The maximum absolute atomic E-state index is 6.24. The minimum absolute atomic E-state index is 0.695. The topological polar surface area (TPSA) is 38.9 Å². The monoisotopic (exact) mass is 524 g/mol. The molecule has 0 saturated heterocycles. The summed E-state index contributed by atoms with van der Waals surface area (Å²) in [6.07, 6.45) is 0. The van der Waals surface area contributed by atoms with Gasteiger partial charge in [0.1, 0.15) is 11.2 Å². The summed E-state index contributed by atoms with van der Waals surface area (Å²) in [5, 5.41) is 3.16. The lowest BCUT2D eigenvalue weighted by atomic mass is 9.94. The van der Waals surface area contributed by atoms with E-state index in [0.29, 0.717) is 5.82 Å². The molecule has 0 aliphatic heterocycles. The average Bonchev–Trinajstić information content (AvgIpc) is 3.44. The molecule has 2 heterocycles. The molecule has 0 bridgehead atoms. The fourth-order valence-electron chi connectivity index (χ4n) is 5.78. The fourth-order valence-corrected chi connectivity index (χ4v) is 5.78. The summed E-state index contributed by atoms with van der Waals surface area (Å²) in [5.74, 6) is 0.695. The van der Waals surface area contributed by atoms with Gasteiger partial charge in [0, 0.05) is 27.3 Å². The van der Waals surface area contributed by atoms with Gasteiger partial charge in [-0.05, 0) is 46.5 Å². The van der Waals surface area contributed by atoms with E-state index in [0.717, 1.165) is 71.9 Å². The van der Waals surface area contributed by atoms with Crippen LogP contribution in [0.3, 0.4) is 0 Å². The highest BCUT2D eigenvalue weighted by Crippen LogP contribution is 2.40. The zero-order valence-corrected chi connectivity index (χ0v) is 22.2. The normalized spacial score (nSPS) is 11.4. The zero-order chi connectivity index (χ0) is 27.2. The van der Waals surface area contributed by atoms with Gasteiger partial charge < -0.3 is 4.42 Å². The van der Waals surface area contributed by atoms with Crippen molar-refractivity contribution in [2.24, 2.45) is 0 Å². The Hall–Kier alpha value is -5.54. The van der Waals surface area contributed by atoms with Crippen molar-refractivity contribution < 1.29 is 4.42 Å². The molecular formula is C38H24N2O. The number of hydrogen-bond acceptors (Lipinski definition) is 3. The van der Waals surface area contributed by atoms with Crippen LogP contribution in [-0.2, 0) is 0 Å². The molecule has 0 aliphatic carbocycles. The Morgan fingerprint density at radius 3 is 1.93 bits per heavy atom. The molecule has 0 N–H and O–H groups in total. The van der Waals surface area contributed by atoms with Crippen molar-refractivity contribution in [2.45, 2.75) is 0 Å². The Bertz CT molecular complexity index is 2200. The molecule has 3 nitrogen and oxygen atoms in total. The molecule has 0 spiro atoms. The van der Waals surface area contributed by atoms with Gasteiger partial charge in [0.15, 0.2) is 5.82 Å². The van der Waals surface area contributed by atoms with Crippen molar-refractivity contribution in [3.05, 3.63) is 146 Å². The van der Waals surface area contributed by atoms with E-state index in [1.54, 1.807) is 0 Å². The molecule has 41 heavy (non-hydrogen) atoms. The standard InChI is InChI=1S/C38H24N2O/c1-3-12-25(13-4-1)27-22-23-28(26-14-5-2-6-15-26)32(24-27)38-39-33-19-9-7-16-29(33)37(40-38)31-18-11-21-35-36(31)30-17-8-10-20-34(30)41-35/h1-24H. The second-order valence-corrected chi connectivity index (χ2v) is 10.2. The van der Waals surface area contributed by atoms with E-state index in [1.807, 2.05) is 48.5 Å². The molecule has 2 aromatic heterocycles. The second kappa shape index (κ2) is 9.58. The maximum atomic E-state index is 6.24. The van der Waals surface area contributed by atoms with Gasteiger partial charge in [-0.1, -0.05) is 121 Å². The highest BCUT2D eigenvalue weighted by molar-refractivity contribution is 6.14. The van der Waals surface area contributed by atoms with Crippen molar-refractivity contribution in [1.82, 2.24) is 9.97 Å². The predicted octanol–water partition coefficient (Wildman–Crippen LogP) is 10.2. The van der Waals surface area contributed by atoms with E-state index in [-0.39, 0.29) is 0 Å². The third-order valence-corrected chi connectivity index (χ3v) is 7.71. The molecule has 8 rings (SSSR count). The van der Waals surface area contributed by atoms with Crippen LogP contribution in [0.5, 0.6) is 0 Å². The van der Waals surface area contributed by atoms with Gasteiger partial charge >= 0.3 is 0 Å². The lowest BCUT2D eigenvalue weighted by Gasteiger charge is -2.15. The molecule has 0 saturated carbocycles. The lowest BCUT2D eigenvalue weighted by Crippen LogP contribution is -1.97. The Morgan fingerprint density at radius 1 is 0.415 bits per heavy atom. The number of benzene rings is 6. The molecule has 8 aromatic rings. The molecule has 0 amide bonds. The van der Waals surface area contributed by atoms with Crippen LogP contribution in [0.15, 0.2) is 150 Å². The summed E-state index contributed by atoms with van der Waals surface area (Å²) >= 11 is 0. The van der Waals surface area contributed by atoms with Crippen molar-refractivity contribution >= 4 is 32.8 Å². The summed E-state index contributed by atoms with van der Waals surface area (Å²) in [5.41, 5.74) is 10.1. The number of nitrogens with zero attached hydrogens (tertiary/aromatic N) is 2. The summed E-state index contributed by atoms with van der Waals surface area (Å²) < 4.78 is 6.24. The van der Waals surface area contributed by atoms with Crippen molar-refractivity contribution in [1.29, 1.82) is 0 Å². The molecule has 0 unspecified atom stereocenters. The summed E-state index contributed by atoms with van der Waals surface area (Å²) in [4.78, 5) is 10.5. The van der Waals surface area contributed by atoms with E-state index < -0.39 is 0 Å².